The molecule has 7 heteroatoms. The lowest BCUT2D eigenvalue weighted by molar-refractivity contribution is 0.00774. The summed E-state index contributed by atoms with van der Waals surface area (Å²) >= 11 is 0. The van der Waals surface area contributed by atoms with Gasteiger partial charge in [-0.1, -0.05) is 13.8 Å². The van der Waals surface area contributed by atoms with E-state index in [1.54, 1.807) is 6.92 Å². The zero-order chi connectivity index (χ0) is 15.2. The normalized spacial score (nSPS) is 21.1. The quantitative estimate of drug-likeness (QED) is 0.698. The number of morpholine rings is 1. The lowest BCUT2D eigenvalue weighted by Gasteiger charge is -2.37. The molecule has 1 fully saturated rings. The molecule has 1 rings (SSSR count). The van der Waals surface area contributed by atoms with Crippen LogP contribution in [0.4, 0.5) is 0 Å². The van der Waals surface area contributed by atoms with Gasteiger partial charge in [-0.2, -0.15) is 0 Å². The van der Waals surface area contributed by atoms with Crippen molar-refractivity contribution >= 4 is 10.0 Å². The predicted octanol–water partition coefficient (Wildman–Crippen LogP) is 0.298. The first-order valence-corrected chi connectivity index (χ1v) is 8.72. The third kappa shape index (κ3) is 5.29. The van der Waals surface area contributed by atoms with Gasteiger partial charge in [0.1, 0.15) is 0 Å². The summed E-state index contributed by atoms with van der Waals surface area (Å²) in [4.78, 5) is 2.30. The van der Waals surface area contributed by atoms with Crippen molar-refractivity contribution in [3.05, 3.63) is 0 Å². The minimum absolute atomic E-state index is 0.198. The highest BCUT2D eigenvalue weighted by atomic mass is 32.2. The van der Waals surface area contributed by atoms with E-state index < -0.39 is 15.3 Å². The molecule has 0 aromatic rings. The smallest absolute Gasteiger partial charge is 0.216 e. The third-order valence-corrected chi connectivity index (χ3v) is 5.47. The number of ether oxygens (including phenoxy) is 2. The van der Waals surface area contributed by atoms with Crippen molar-refractivity contribution in [2.24, 2.45) is 5.92 Å². The zero-order valence-corrected chi connectivity index (χ0v) is 13.8. The average Bonchev–Trinajstić information content (AvgIpc) is 2.40. The van der Waals surface area contributed by atoms with E-state index in [-0.39, 0.29) is 12.6 Å². The number of nitrogens with zero attached hydrogens (tertiary/aromatic N) is 1. The maximum absolute atomic E-state index is 12.1. The molecule has 0 aliphatic carbocycles. The first kappa shape index (κ1) is 17.8. The van der Waals surface area contributed by atoms with Gasteiger partial charge in [-0.05, 0) is 12.8 Å². The van der Waals surface area contributed by atoms with Crippen LogP contribution in [-0.4, -0.2) is 71.2 Å². The Morgan fingerprint density at radius 1 is 1.25 bits per heavy atom. The summed E-state index contributed by atoms with van der Waals surface area (Å²) in [6.45, 7) is 9.70. The van der Waals surface area contributed by atoms with Crippen LogP contribution in [0.1, 0.15) is 20.8 Å². The Labute approximate surface area is 122 Å². The maximum atomic E-state index is 12.1. The topological polar surface area (TPSA) is 67.9 Å². The van der Waals surface area contributed by atoms with Crippen LogP contribution in [0.3, 0.4) is 0 Å². The van der Waals surface area contributed by atoms with Crippen LogP contribution in [-0.2, 0) is 19.5 Å². The summed E-state index contributed by atoms with van der Waals surface area (Å²) < 4.78 is 37.2. The molecule has 0 radical (unpaired) electrons. The van der Waals surface area contributed by atoms with Crippen LogP contribution >= 0.6 is 0 Å². The fraction of sp³-hybridized carbons (Fsp3) is 1.00. The van der Waals surface area contributed by atoms with Crippen molar-refractivity contribution in [3.8, 4) is 0 Å². The summed E-state index contributed by atoms with van der Waals surface area (Å²) in [7, 11) is -1.81. The standard InChI is InChI=1S/C13H28N2O4S/c1-11(2)13(15-5-7-19-8-6-15)9-14-20(16,17)12(3)10-18-4/h11-14H,5-10H2,1-4H3/t12-,13+/m0/s1. The van der Waals surface area contributed by atoms with Crippen LogP contribution in [0.2, 0.25) is 0 Å². The molecule has 0 bridgehead atoms. The van der Waals surface area contributed by atoms with E-state index in [4.69, 9.17) is 9.47 Å². The van der Waals surface area contributed by atoms with E-state index >= 15 is 0 Å². The van der Waals surface area contributed by atoms with Crippen molar-refractivity contribution in [1.29, 1.82) is 0 Å². The highest BCUT2D eigenvalue weighted by molar-refractivity contribution is 7.90. The molecule has 2 atom stereocenters. The molecule has 0 amide bonds. The molecule has 0 aromatic heterocycles. The molecule has 1 aliphatic heterocycles. The number of rotatable bonds is 8. The monoisotopic (exact) mass is 308 g/mol. The van der Waals surface area contributed by atoms with Gasteiger partial charge in [0.25, 0.3) is 0 Å². The van der Waals surface area contributed by atoms with Crippen LogP contribution in [0.15, 0.2) is 0 Å². The Hall–Kier alpha value is -0.210. The molecule has 20 heavy (non-hydrogen) atoms. The molecule has 0 aromatic carbocycles. The van der Waals surface area contributed by atoms with Crippen LogP contribution in [0, 0.1) is 5.92 Å². The molecule has 1 heterocycles. The van der Waals surface area contributed by atoms with E-state index in [1.165, 1.54) is 7.11 Å². The van der Waals surface area contributed by atoms with Gasteiger partial charge in [-0.15, -0.1) is 0 Å². The first-order chi connectivity index (χ1) is 9.38. The van der Waals surface area contributed by atoms with E-state index in [9.17, 15) is 8.42 Å². The summed E-state index contributed by atoms with van der Waals surface area (Å²) in [5, 5.41) is -0.537. The minimum atomic E-state index is -3.32. The van der Waals surface area contributed by atoms with Crippen molar-refractivity contribution < 1.29 is 17.9 Å². The second kappa shape index (κ2) is 8.29. The lowest BCUT2D eigenvalue weighted by Crippen LogP contribution is -2.52. The molecule has 1 aliphatic rings. The highest BCUT2D eigenvalue weighted by Crippen LogP contribution is 2.13. The second-order valence-electron chi connectivity index (χ2n) is 5.62. The Bertz CT molecular complexity index is 367. The van der Waals surface area contributed by atoms with Gasteiger partial charge in [0.15, 0.2) is 0 Å². The average molecular weight is 308 g/mol. The molecule has 1 N–H and O–H groups in total. The van der Waals surface area contributed by atoms with Crippen molar-refractivity contribution in [2.75, 3.05) is 46.6 Å². The fourth-order valence-electron chi connectivity index (χ4n) is 2.36. The largest absolute Gasteiger partial charge is 0.383 e. The first-order valence-electron chi connectivity index (χ1n) is 7.17. The SMILES string of the molecule is COC[C@H](C)S(=O)(=O)NC[C@H](C(C)C)N1CCOCC1. The van der Waals surface area contributed by atoms with E-state index in [1.807, 2.05) is 0 Å². The number of nitrogens with one attached hydrogen (secondary N) is 1. The minimum Gasteiger partial charge on any atom is -0.383 e. The Morgan fingerprint density at radius 3 is 2.35 bits per heavy atom. The fourth-order valence-corrected chi connectivity index (χ4v) is 3.37. The molecular formula is C13H28N2O4S. The maximum Gasteiger partial charge on any atom is 0.216 e. The van der Waals surface area contributed by atoms with Gasteiger partial charge in [0.05, 0.1) is 25.1 Å². The molecule has 0 unspecified atom stereocenters. The Balaban J connectivity index is 2.58. The summed E-state index contributed by atoms with van der Waals surface area (Å²) in [5.74, 6) is 0.383. The van der Waals surface area contributed by atoms with Crippen molar-refractivity contribution in [3.63, 3.8) is 0 Å². The van der Waals surface area contributed by atoms with E-state index in [0.29, 0.717) is 12.5 Å². The molecular weight excluding hydrogens is 280 g/mol. The summed E-state index contributed by atoms with van der Waals surface area (Å²) in [6.07, 6.45) is 0. The predicted molar refractivity (Wildman–Crippen MR) is 79.3 cm³/mol. The number of methoxy groups -OCH3 is 1. The van der Waals surface area contributed by atoms with Crippen molar-refractivity contribution in [2.45, 2.75) is 32.1 Å². The molecule has 6 nitrogen and oxygen atoms in total. The van der Waals surface area contributed by atoms with E-state index in [0.717, 1.165) is 26.3 Å². The molecule has 0 spiro atoms. The number of sulfonamides is 1. The molecule has 120 valence electrons. The van der Waals surface area contributed by atoms with Gasteiger partial charge in [-0.25, -0.2) is 13.1 Å². The molecule has 0 saturated carbocycles. The highest BCUT2D eigenvalue weighted by Gasteiger charge is 2.27. The van der Waals surface area contributed by atoms with Gasteiger partial charge < -0.3 is 9.47 Å². The zero-order valence-electron chi connectivity index (χ0n) is 13.0. The van der Waals surface area contributed by atoms with Crippen molar-refractivity contribution in [1.82, 2.24) is 9.62 Å². The van der Waals surface area contributed by atoms with E-state index in [2.05, 4.69) is 23.5 Å². The molecule has 1 saturated heterocycles. The van der Waals surface area contributed by atoms with Gasteiger partial charge in [0.2, 0.25) is 10.0 Å². The van der Waals surface area contributed by atoms with Gasteiger partial charge in [-0.3, -0.25) is 4.90 Å². The second-order valence-corrected chi connectivity index (χ2v) is 7.80. The van der Waals surface area contributed by atoms with Crippen LogP contribution in [0.25, 0.3) is 0 Å². The van der Waals surface area contributed by atoms with Crippen LogP contribution < -0.4 is 4.72 Å². The Kier molecular flexibility index (Phi) is 7.39. The van der Waals surface area contributed by atoms with Gasteiger partial charge >= 0.3 is 0 Å². The number of hydrogen-bond acceptors (Lipinski definition) is 5. The number of hydrogen-bond donors (Lipinski definition) is 1. The lowest BCUT2D eigenvalue weighted by atomic mass is 10.0. The summed E-state index contributed by atoms with van der Waals surface area (Å²) in [5.41, 5.74) is 0. The Morgan fingerprint density at radius 2 is 1.85 bits per heavy atom. The summed E-state index contributed by atoms with van der Waals surface area (Å²) in [6, 6.07) is 0.198. The van der Waals surface area contributed by atoms with Gasteiger partial charge in [0, 0.05) is 32.8 Å². The third-order valence-electron chi connectivity index (χ3n) is 3.71. The van der Waals surface area contributed by atoms with Crippen LogP contribution in [0.5, 0.6) is 0 Å².